The Morgan fingerprint density at radius 1 is 0.828 bits per heavy atom. The van der Waals surface area contributed by atoms with Crippen LogP contribution in [0.15, 0.2) is 49.7 Å². The minimum Gasteiger partial charge on any atom is -0.487 e. The number of carbonyl (C=O) groups is 1. The highest BCUT2D eigenvalue weighted by Gasteiger charge is 2.50. The van der Waals surface area contributed by atoms with E-state index in [-0.39, 0.29) is 38.4 Å². The lowest BCUT2D eigenvalue weighted by molar-refractivity contribution is -0.191. The average molecular weight is 975 g/mol. The fourth-order valence-corrected chi connectivity index (χ4v) is 9.79. The first kappa shape index (κ1) is 51.9. The van der Waals surface area contributed by atoms with Gasteiger partial charge in [-0.3, -0.25) is 4.79 Å². The maximum absolute atomic E-state index is 13.0. The molecule has 3 unspecified atom stereocenters. The van der Waals surface area contributed by atoms with Crippen molar-refractivity contribution in [2.24, 2.45) is 4.40 Å². The van der Waals surface area contributed by atoms with E-state index in [0.29, 0.717) is 0 Å². The summed E-state index contributed by atoms with van der Waals surface area (Å²) in [6, 6.07) is 12.3. The van der Waals surface area contributed by atoms with Crippen molar-refractivity contribution in [3.8, 4) is 11.5 Å². The number of benzene rings is 2. The van der Waals surface area contributed by atoms with E-state index in [1.807, 2.05) is 79.7 Å². The number of esters is 1. The zero-order chi connectivity index (χ0) is 44.0. The molecule has 2 aromatic carbocycles. The van der Waals surface area contributed by atoms with Gasteiger partial charge in [-0.05, 0) is 136 Å². The maximum Gasteiger partial charge on any atom is 0.373 e. The van der Waals surface area contributed by atoms with Crippen molar-refractivity contribution in [1.29, 1.82) is 0 Å². The number of hydrogen-bond donors (Lipinski definition) is 1. The smallest absolute Gasteiger partial charge is 0.373 e. The fraction of sp³-hybridized carbons (Fsp3) is 0.659. The lowest BCUT2D eigenvalue weighted by Crippen LogP contribution is -2.57. The zero-order valence-corrected chi connectivity index (χ0v) is 41.2. The Labute approximate surface area is 369 Å². The number of fused-ring (bicyclic) bond motifs is 2. The third-order valence-electron chi connectivity index (χ3n) is 10.5. The number of nitrogens with one attached hydrogen (secondary N) is 1. The Hall–Kier alpha value is -2.22. The Balaban J connectivity index is 0.000000327. The van der Waals surface area contributed by atoms with Gasteiger partial charge in [0.25, 0.3) is 0 Å². The van der Waals surface area contributed by atoms with Gasteiger partial charge in [0.1, 0.15) is 33.7 Å². The molecule has 2 aliphatic heterocycles. The van der Waals surface area contributed by atoms with Gasteiger partial charge in [-0.1, -0.05) is 65.5 Å². The first-order chi connectivity index (χ1) is 27.2. The lowest BCUT2D eigenvalue weighted by atomic mass is 9.70. The molecule has 2 aromatic rings. The van der Waals surface area contributed by atoms with Crippen LogP contribution in [-0.2, 0) is 46.6 Å². The molecular formula is C44H66Br2N2O8S2. The summed E-state index contributed by atoms with van der Waals surface area (Å²) in [5.41, 5.74) is 2.46. The molecule has 2 heterocycles. The van der Waals surface area contributed by atoms with Crippen LogP contribution in [0.3, 0.4) is 0 Å². The third kappa shape index (κ3) is 14.8. The van der Waals surface area contributed by atoms with Crippen molar-refractivity contribution in [2.45, 2.75) is 179 Å². The SMILES string of the molecule is CC.CC(C)(C)S(=O)N=C1CC2(CCCCC2)Oc2ccc(Br)cc21.CCC1(NS(=O)C(C)(C)C)CC2(CCCCC2)Oc2ccc(Br)cc21.COC(C)=O.O=C=O. The van der Waals surface area contributed by atoms with E-state index in [9.17, 15) is 13.2 Å². The van der Waals surface area contributed by atoms with Crippen LogP contribution in [0.25, 0.3) is 0 Å². The van der Waals surface area contributed by atoms with Crippen molar-refractivity contribution >= 4 is 71.7 Å². The van der Waals surface area contributed by atoms with Crippen molar-refractivity contribution in [3.05, 3.63) is 56.5 Å². The Kier molecular flexibility index (Phi) is 20.7. The molecule has 6 rings (SSSR count). The number of rotatable bonds is 4. The molecule has 3 atom stereocenters. The van der Waals surface area contributed by atoms with E-state index in [1.54, 1.807) is 0 Å². The molecule has 2 fully saturated rings. The highest BCUT2D eigenvalue weighted by Crippen LogP contribution is 2.51. The highest BCUT2D eigenvalue weighted by molar-refractivity contribution is 9.10. The zero-order valence-electron chi connectivity index (χ0n) is 36.4. The number of ether oxygens (including phenoxy) is 3. The van der Waals surface area contributed by atoms with E-state index in [2.05, 4.69) is 64.8 Å². The maximum atomic E-state index is 13.0. The lowest BCUT2D eigenvalue weighted by Gasteiger charge is -2.50. The van der Waals surface area contributed by atoms with Crippen molar-refractivity contribution in [1.82, 2.24) is 4.72 Å². The average Bonchev–Trinajstić information content (AvgIpc) is 3.17. The third-order valence-corrected chi connectivity index (χ3v) is 14.6. The molecular weight excluding hydrogens is 908 g/mol. The van der Waals surface area contributed by atoms with Gasteiger partial charge in [0, 0.05) is 39.8 Å². The van der Waals surface area contributed by atoms with Crippen LogP contribution in [0.4, 0.5) is 0 Å². The molecule has 2 saturated carbocycles. The molecule has 1 N–H and O–H groups in total. The molecule has 4 aliphatic rings. The molecule has 10 nitrogen and oxygen atoms in total. The van der Waals surface area contributed by atoms with Gasteiger partial charge in [0.05, 0.1) is 38.8 Å². The van der Waals surface area contributed by atoms with Gasteiger partial charge in [-0.15, -0.1) is 0 Å². The Bertz CT molecular complexity index is 1770. The molecule has 2 aliphatic carbocycles. The van der Waals surface area contributed by atoms with Crippen LogP contribution in [0.2, 0.25) is 0 Å². The summed E-state index contributed by atoms with van der Waals surface area (Å²) in [6.45, 7) is 19.5. The van der Waals surface area contributed by atoms with E-state index in [1.165, 1.54) is 52.6 Å². The minimum atomic E-state index is -1.25. The topological polar surface area (TPSA) is 137 Å². The van der Waals surface area contributed by atoms with Crippen molar-refractivity contribution in [3.63, 3.8) is 0 Å². The van der Waals surface area contributed by atoms with E-state index < -0.39 is 22.0 Å². The van der Waals surface area contributed by atoms with Gasteiger partial charge in [-0.2, -0.15) is 14.0 Å². The second-order valence-corrected chi connectivity index (χ2v) is 22.6. The molecule has 0 aromatic heterocycles. The van der Waals surface area contributed by atoms with Crippen LogP contribution in [0, 0.1) is 0 Å². The van der Waals surface area contributed by atoms with E-state index in [0.717, 1.165) is 82.2 Å². The van der Waals surface area contributed by atoms with Crippen molar-refractivity contribution in [2.75, 3.05) is 7.11 Å². The van der Waals surface area contributed by atoms with Crippen molar-refractivity contribution < 1.29 is 37.0 Å². The van der Waals surface area contributed by atoms with Gasteiger partial charge < -0.3 is 14.2 Å². The molecule has 2 spiro atoms. The summed E-state index contributed by atoms with van der Waals surface area (Å²) in [4.78, 5) is 25.8. The predicted octanol–water partition coefficient (Wildman–Crippen LogP) is 11.4. The van der Waals surface area contributed by atoms with E-state index in [4.69, 9.17) is 19.1 Å². The summed E-state index contributed by atoms with van der Waals surface area (Å²) >= 11 is 7.13. The van der Waals surface area contributed by atoms with Gasteiger partial charge in [0.2, 0.25) is 0 Å². The molecule has 14 heteroatoms. The summed E-state index contributed by atoms with van der Waals surface area (Å²) in [7, 11) is -1.03. The fourth-order valence-electron chi connectivity index (χ4n) is 7.44. The molecule has 58 heavy (non-hydrogen) atoms. The largest absolute Gasteiger partial charge is 0.487 e. The first-order valence-corrected chi connectivity index (χ1v) is 24.2. The molecule has 0 amide bonds. The van der Waals surface area contributed by atoms with Crippen LogP contribution in [0.5, 0.6) is 11.5 Å². The summed E-state index contributed by atoms with van der Waals surface area (Å²) in [5.74, 6) is 1.59. The van der Waals surface area contributed by atoms with Gasteiger partial charge in [0.15, 0.2) is 0 Å². The van der Waals surface area contributed by atoms with Crippen LogP contribution in [-0.4, -0.2) is 54.1 Å². The second-order valence-electron chi connectivity index (χ2n) is 16.9. The summed E-state index contributed by atoms with van der Waals surface area (Å²) < 4.78 is 52.2. The number of hydrogen-bond acceptors (Lipinski definition) is 8. The molecule has 0 bridgehead atoms. The normalized spacial score (nSPS) is 21.6. The van der Waals surface area contributed by atoms with Gasteiger partial charge in [-0.25, -0.2) is 13.1 Å². The van der Waals surface area contributed by atoms with Crippen LogP contribution < -0.4 is 14.2 Å². The van der Waals surface area contributed by atoms with Crippen LogP contribution in [0.1, 0.15) is 164 Å². The van der Waals surface area contributed by atoms with Crippen LogP contribution >= 0.6 is 31.9 Å². The number of halogens is 2. The molecule has 0 radical (unpaired) electrons. The summed E-state index contributed by atoms with van der Waals surface area (Å²) in [6.07, 6.45) is 14.5. The molecule has 0 saturated heterocycles. The molecule has 326 valence electrons. The predicted molar refractivity (Wildman–Crippen MR) is 242 cm³/mol. The number of methoxy groups -OCH3 is 1. The van der Waals surface area contributed by atoms with Gasteiger partial charge >= 0.3 is 12.1 Å². The first-order valence-electron chi connectivity index (χ1n) is 20.4. The Morgan fingerprint density at radius 2 is 1.29 bits per heavy atom. The number of nitrogens with zero attached hydrogens (tertiary/aromatic N) is 1. The second kappa shape index (κ2) is 23.1. The number of carbonyl (C=O) groups excluding carboxylic acids is 3. The monoisotopic (exact) mass is 972 g/mol. The summed E-state index contributed by atoms with van der Waals surface area (Å²) in [5, 5.41) is 0. The Morgan fingerprint density at radius 3 is 1.76 bits per heavy atom. The standard InChI is InChI=1S/C20H30BrNO2S.C18H24BrNO2S.C3H6O2.C2H6.CO2/c1-5-20(22-25(23)18(2,3)4)14-19(11-7-6-8-12-19)24-17-10-9-15(21)13-16(17)20;1-17(2,3)23(21)20-15-12-18(9-5-4-6-10-18)22-16-8-7-13(19)11-14(15)16;1-3(4)5-2;1-2;2-1-3/h9-10,13,22H,5-8,11-12,14H2,1-4H3;7-8,11H,4-6,9-10,12H2,1-3H3;1-2H3;1-2H3;. The minimum absolute atomic E-state index is 0.121. The quantitative estimate of drug-likeness (QED) is 0.299. The highest BCUT2D eigenvalue weighted by atomic mass is 79.9. The van der Waals surface area contributed by atoms with E-state index >= 15 is 0 Å².